The van der Waals surface area contributed by atoms with E-state index in [1.54, 1.807) is 0 Å². The molecule has 0 aromatic carbocycles. The van der Waals surface area contributed by atoms with Gasteiger partial charge in [-0.2, -0.15) is 0 Å². The summed E-state index contributed by atoms with van der Waals surface area (Å²) in [5, 5.41) is 0. The fourth-order valence-electron chi connectivity index (χ4n) is 4.92. The van der Waals surface area contributed by atoms with Crippen molar-refractivity contribution in [2.45, 2.75) is 71.2 Å². The van der Waals surface area contributed by atoms with Gasteiger partial charge < -0.3 is 9.47 Å². The molecule has 124 valence electrons. The summed E-state index contributed by atoms with van der Waals surface area (Å²) < 4.78 is 12.0. The number of carbonyl (C=O) groups is 1. The van der Waals surface area contributed by atoms with Crippen LogP contribution in [-0.4, -0.2) is 24.8 Å². The van der Waals surface area contributed by atoms with Crippen LogP contribution in [0, 0.1) is 23.2 Å². The Balaban J connectivity index is 1.76. The third-order valence-corrected chi connectivity index (χ3v) is 6.57. The minimum Gasteiger partial charge on any atom is -0.352 e. The summed E-state index contributed by atoms with van der Waals surface area (Å²) in [6.45, 7) is 9.28. The maximum absolute atomic E-state index is 12.1. The molecule has 0 spiro atoms. The van der Waals surface area contributed by atoms with Gasteiger partial charge in [0.2, 0.25) is 0 Å². The summed E-state index contributed by atoms with van der Waals surface area (Å²) in [5.74, 6) is 1.84. The molecule has 3 heteroatoms. The van der Waals surface area contributed by atoms with Crippen molar-refractivity contribution >= 4 is 5.78 Å². The average molecular weight is 306 g/mol. The minimum atomic E-state index is 0.0143. The van der Waals surface area contributed by atoms with Gasteiger partial charge in [-0.25, -0.2) is 0 Å². The lowest BCUT2D eigenvalue weighted by Crippen LogP contribution is -2.49. The molecule has 0 unspecified atom stereocenters. The lowest BCUT2D eigenvalue weighted by molar-refractivity contribution is -0.173. The van der Waals surface area contributed by atoms with Crippen LogP contribution >= 0.6 is 0 Å². The Morgan fingerprint density at radius 1 is 1.41 bits per heavy atom. The Bertz CT molecular complexity index is 420. The van der Waals surface area contributed by atoms with Gasteiger partial charge in [-0.05, 0) is 43.9 Å². The van der Waals surface area contributed by atoms with Crippen LogP contribution in [0.25, 0.3) is 0 Å². The molecule has 1 saturated carbocycles. The number of unbranched alkanes of at least 4 members (excludes halogenated alkanes) is 1. The maximum atomic E-state index is 12.1. The second-order valence-electron chi connectivity index (χ2n) is 7.78. The molecule has 0 N–H and O–H groups in total. The molecule has 0 aromatic heterocycles. The van der Waals surface area contributed by atoms with E-state index < -0.39 is 0 Å². The predicted octanol–water partition coefficient (Wildman–Crippen LogP) is 4.12. The Labute approximate surface area is 134 Å². The number of Topliss-reactive ketones (excluding diaryl/α,β-unsaturated/α-hetero) is 1. The van der Waals surface area contributed by atoms with Crippen molar-refractivity contribution in [2.75, 3.05) is 6.61 Å². The summed E-state index contributed by atoms with van der Waals surface area (Å²) in [6, 6.07) is 0. The highest BCUT2D eigenvalue weighted by Crippen LogP contribution is 2.54. The quantitative estimate of drug-likeness (QED) is 0.566. The third-order valence-electron chi connectivity index (χ3n) is 6.57. The fourth-order valence-corrected chi connectivity index (χ4v) is 4.92. The summed E-state index contributed by atoms with van der Waals surface area (Å²) in [4.78, 5) is 12.1. The highest BCUT2D eigenvalue weighted by Gasteiger charge is 2.54. The maximum Gasteiger partial charge on any atom is 0.160 e. The second-order valence-corrected chi connectivity index (χ2v) is 7.78. The zero-order chi connectivity index (χ0) is 15.7. The lowest BCUT2D eigenvalue weighted by atomic mass is 9.57. The molecule has 0 bridgehead atoms. The van der Waals surface area contributed by atoms with E-state index in [4.69, 9.17) is 9.47 Å². The molecule has 3 fully saturated rings. The lowest BCUT2D eigenvalue weighted by Gasteiger charge is -2.49. The molecule has 2 aliphatic heterocycles. The van der Waals surface area contributed by atoms with Gasteiger partial charge in [0.05, 0.1) is 12.7 Å². The molecule has 0 aromatic rings. The fraction of sp³-hybridized carbons (Fsp3) is 0.842. The van der Waals surface area contributed by atoms with Crippen LogP contribution in [-0.2, 0) is 14.3 Å². The van der Waals surface area contributed by atoms with Gasteiger partial charge in [-0.1, -0.05) is 19.9 Å². The van der Waals surface area contributed by atoms with E-state index in [0.29, 0.717) is 30.0 Å². The molecule has 3 nitrogen and oxygen atoms in total. The van der Waals surface area contributed by atoms with E-state index in [1.807, 2.05) is 6.08 Å². The SMILES string of the molecule is C=CCCC[C@@H]1CC(=O)C[C@@H](C)[C@]1(C)[C@@H]1C[C@H]2CCO[C@H]2O1. The van der Waals surface area contributed by atoms with E-state index in [-0.39, 0.29) is 17.8 Å². The van der Waals surface area contributed by atoms with Crippen molar-refractivity contribution in [3.8, 4) is 0 Å². The molecule has 1 aliphatic carbocycles. The number of ketones is 1. The number of rotatable bonds is 5. The van der Waals surface area contributed by atoms with Crippen LogP contribution in [0.4, 0.5) is 0 Å². The monoisotopic (exact) mass is 306 g/mol. The van der Waals surface area contributed by atoms with Crippen molar-refractivity contribution in [3.05, 3.63) is 12.7 Å². The molecule has 6 atom stereocenters. The Hall–Kier alpha value is -0.670. The van der Waals surface area contributed by atoms with E-state index in [1.165, 1.54) is 0 Å². The van der Waals surface area contributed by atoms with Crippen LogP contribution in [0.3, 0.4) is 0 Å². The third kappa shape index (κ3) is 2.78. The van der Waals surface area contributed by atoms with Gasteiger partial charge in [0.15, 0.2) is 6.29 Å². The summed E-state index contributed by atoms with van der Waals surface area (Å²) in [5.41, 5.74) is 0.1000. The highest BCUT2D eigenvalue weighted by molar-refractivity contribution is 5.80. The predicted molar refractivity (Wildman–Crippen MR) is 86.4 cm³/mol. The van der Waals surface area contributed by atoms with Gasteiger partial charge in [-0.15, -0.1) is 6.58 Å². The topological polar surface area (TPSA) is 35.5 Å². The first-order chi connectivity index (χ1) is 10.6. The van der Waals surface area contributed by atoms with Gasteiger partial charge in [0.1, 0.15) is 5.78 Å². The molecule has 22 heavy (non-hydrogen) atoms. The smallest absolute Gasteiger partial charge is 0.160 e. The first-order valence-corrected chi connectivity index (χ1v) is 8.95. The van der Waals surface area contributed by atoms with Gasteiger partial charge >= 0.3 is 0 Å². The molecule has 2 heterocycles. The molecule has 0 amide bonds. The van der Waals surface area contributed by atoms with Crippen molar-refractivity contribution in [3.63, 3.8) is 0 Å². The minimum absolute atomic E-state index is 0.0143. The number of allylic oxidation sites excluding steroid dienone is 1. The van der Waals surface area contributed by atoms with E-state index >= 15 is 0 Å². The zero-order valence-electron chi connectivity index (χ0n) is 14.1. The number of ether oxygens (including phenoxy) is 2. The van der Waals surface area contributed by atoms with Crippen LogP contribution in [0.15, 0.2) is 12.7 Å². The van der Waals surface area contributed by atoms with Crippen LogP contribution in [0.1, 0.15) is 58.8 Å². The summed E-state index contributed by atoms with van der Waals surface area (Å²) in [7, 11) is 0. The van der Waals surface area contributed by atoms with Crippen LogP contribution in [0.5, 0.6) is 0 Å². The van der Waals surface area contributed by atoms with Gasteiger partial charge in [0, 0.05) is 24.2 Å². The normalized spacial score (nSPS) is 45.0. The summed E-state index contributed by atoms with van der Waals surface area (Å²) >= 11 is 0. The standard InChI is InChI=1S/C19H30O3/c1-4-5-6-7-15-12-16(20)10-13(2)19(15,3)17-11-14-8-9-21-18(14)22-17/h4,13-15,17-18H,1,5-12H2,2-3H3/t13-,14-,15-,17+,18+,19+/m1/s1. The number of fused-ring (bicyclic) bond motifs is 1. The van der Waals surface area contributed by atoms with Crippen LogP contribution in [0.2, 0.25) is 0 Å². The molecule has 2 saturated heterocycles. The Morgan fingerprint density at radius 2 is 2.23 bits per heavy atom. The highest BCUT2D eigenvalue weighted by atomic mass is 16.7. The summed E-state index contributed by atoms with van der Waals surface area (Å²) in [6.07, 6.45) is 9.20. The van der Waals surface area contributed by atoms with Gasteiger partial charge in [-0.3, -0.25) is 4.79 Å². The van der Waals surface area contributed by atoms with E-state index in [2.05, 4.69) is 20.4 Å². The molecular weight excluding hydrogens is 276 g/mol. The Morgan fingerprint density at radius 3 is 2.95 bits per heavy atom. The first kappa shape index (κ1) is 16.2. The van der Waals surface area contributed by atoms with Crippen LogP contribution < -0.4 is 0 Å². The largest absolute Gasteiger partial charge is 0.352 e. The zero-order valence-corrected chi connectivity index (χ0v) is 14.1. The van der Waals surface area contributed by atoms with Crippen molar-refractivity contribution < 1.29 is 14.3 Å². The molecule has 3 rings (SSSR count). The second kappa shape index (κ2) is 6.45. The van der Waals surface area contributed by atoms with Crippen molar-refractivity contribution in [1.82, 2.24) is 0 Å². The Kier molecular flexibility index (Phi) is 4.75. The van der Waals surface area contributed by atoms with E-state index in [0.717, 1.165) is 45.1 Å². The number of hydrogen-bond donors (Lipinski definition) is 0. The van der Waals surface area contributed by atoms with Gasteiger partial charge in [0.25, 0.3) is 0 Å². The molecular formula is C19H30O3. The van der Waals surface area contributed by atoms with E-state index in [9.17, 15) is 4.79 Å². The molecule has 3 aliphatic rings. The van der Waals surface area contributed by atoms with Crippen molar-refractivity contribution in [1.29, 1.82) is 0 Å². The van der Waals surface area contributed by atoms with Crippen molar-refractivity contribution in [2.24, 2.45) is 23.2 Å². The number of carbonyl (C=O) groups excluding carboxylic acids is 1. The average Bonchev–Trinajstić information content (AvgIpc) is 3.05. The number of hydrogen-bond acceptors (Lipinski definition) is 3. The first-order valence-electron chi connectivity index (χ1n) is 8.95. The molecule has 0 radical (unpaired) electrons.